The monoisotopic (exact) mass is 395 g/mol. The summed E-state index contributed by atoms with van der Waals surface area (Å²) in [5, 5.41) is 5.79. The van der Waals surface area contributed by atoms with Gasteiger partial charge in [-0.25, -0.2) is 9.97 Å². The summed E-state index contributed by atoms with van der Waals surface area (Å²) in [6.07, 6.45) is 6.05. The zero-order valence-corrected chi connectivity index (χ0v) is 16.8. The molecule has 3 atom stereocenters. The average molecular weight is 396 g/mol. The Balaban J connectivity index is 2.52. The Labute approximate surface area is 160 Å². The minimum Gasteiger partial charge on any atom is -0.474 e. The lowest BCUT2D eigenvalue weighted by atomic mass is 9.88. The predicted molar refractivity (Wildman–Crippen MR) is 105 cm³/mol. The van der Waals surface area contributed by atoms with E-state index in [0.717, 1.165) is 10.9 Å². The fourth-order valence-corrected chi connectivity index (χ4v) is 3.43. The summed E-state index contributed by atoms with van der Waals surface area (Å²) < 4.78 is 17.2. The number of pyridine rings is 2. The smallest absolute Gasteiger partial charge is 0.223 e. The van der Waals surface area contributed by atoms with Crippen molar-refractivity contribution >= 4 is 33.2 Å². The summed E-state index contributed by atoms with van der Waals surface area (Å²) in [5.74, 6) is 0.994. The normalized spacial score (nSPS) is 15.7. The molecule has 0 aromatic carbocycles. The molecule has 0 radical (unpaired) electrons. The van der Waals surface area contributed by atoms with Gasteiger partial charge >= 0.3 is 0 Å². The van der Waals surface area contributed by atoms with Crippen LogP contribution in [0.1, 0.15) is 39.2 Å². The predicted octanol–water partition coefficient (Wildman–Crippen LogP) is 4.75. The topological polar surface area (TPSA) is 101 Å². The molecule has 0 bridgehead atoms. The van der Waals surface area contributed by atoms with Gasteiger partial charge in [0.15, 0.2) is 0 Å². The first kappa shape index (κ1) is 20.4. The van der Waals surface area contributed by atoms with Crippen molar-refractivity contribution in [2.75, 3.05) is 12.0 Å². The minimum absolute atomic E-state index is 0.147. The Morgan fingerprint density at radius 3 is 2.77 bits per heavy atom. The van der Waals surface area contributed by atoms with E-state index in [1.807, 2.05) is 20.8 Å². The molecule has 2 unspecified atom stereocenters. The van der Waals surface area contributed by atoms with E-state index in [4.69, 9.17) is 21.9 Å². The van der Waals surface area contributed by atoms with Crippen molar-refractivity contribution in [1.29, 1.82) is 0 Å². The van der Waals surface area contributed by atoms with E-state index in [0.29, 0.717) is 35.0 Å². The number of rotatable bonds is 8. The number of hydrogen-bond acceptors (Lipinski definition) is 5. The van der Waals surface area contributed by atoms with Gasteiger partial charge in [-0.3, -0.25) is 4.21 Å². The first-order valence-electron chi connectivity index (χ1n) is 8.28. The number of aromatic nitrogens is 2. The highest BCUT2D eigenvalue weighted by Gasteiger charge is 2.27. The average Bonchev–Trinajstić information content (AvgIpc) is 2.60. The Kier molecular flexibility index (Phi) is 6.81. The highest BCUT2D eigenvalue weighted by Crippen LogP contribution is 2.37. The van der Waals surface area contributed by atoms with Gasteiger partial charge in [-0.05, 0) is 49.2 Å². The summed E-state index contributed by atoms with van der Waals surface area (Å²) in [6, 6.07) is 1.73. The van der Waals surface area contributed by atoms with Crippen LogP contribution in [0.2, 0.25) is 5.15 Å². The van der Waals surface area contributed by atoms with Crippen LogP contribution in [0.15, 0.2) is 23.6 Å². The molecule has 140 valence electrons. The lowest BCUT2D eigenvalue weighted by Gasteiger charge is -2.25. The molecule has 2 heterocycles. The largest absolute Gasteiger partial charge is 0.474 e. The summed E-state index contributed by atoms with van der Waals surface area (Å²) in [4.78, 5) is 11.6. The van der Waals surface area contributed by atoms with Crippen LogP contribution < -0.4 is 4.74 Å². The van der Waals surface area contributed by atoms with Crippen LogP contribution in [-0.4, -0.2) is 32.3 Å². The van der Waals surface area contributed by atoms with Crippen LogP contribution in [0.5, 0.6) is 5.88 Å². The second kappa shape index (κ2) is 8.66. The first-order chi connectivity index (χ1) is 12.3. The van der Waals surface area contributed by atoms with E-state index in [-0.39, 0.29) is 6.10 Å². The van der Waals surface area contributed by atoms with Gasteiger partial charge in [0.05, 0.1) is 17.0 Å². The second-order valence-corrected chi connectivity index (χ2v) is 8.28. The van der Waals surface area contributed by atoms with Gasteiger partial charge < -0.3 is 4.74 Å². The van der Waals surface area contributed by atoms with Crippen LogP contribution in [0.3, 0.4) is 0 Å². The molecule has 2 rings (SSSR count). The number of fused-ring (bicyclic) bond motifs is 1. The second-order valence-electron chi connectivity index (χ2n) is 6.34. The number of hydrogen-bond donors (Lipinski definition) is 0. The van der Waals surface area contributed by atoms with Gasteiger partial charge in [0.1, 0.15) is 5.15 Å². The molecule has 0 fully saturated rings. The zero-order valence-electron chi connectivity index (χ0n) is 15.3. The SMILES string of the molecule is CCC(C)(N=[N+]=[N-])c1cnc(OC(C)CC[S@@](C)=O)c2cnc(Cl)cc12. The van der Waals surface area contributed by atoms with Gasteiger partial charge in [0, 0.05) is 40.1 Å². The number of halogens is 1. The molecule has 0 spiro atoms. The maximum Gasteiger partial charge on any atom is 0.223 e. The van der Waals surface area contributed by atoms with E-state index >= 15 is 0 Å². The van der Waals surface area contributed by atoms with Gasteiger partial charge in [-0.2, -0.15) is 0 Å². The van der Waals surface area contributed by atoms with Crippen molar-refractivity contribution in [2.24, 2.45) is 5.11 Å². The highest BCUT2D eigenvalue weighted by atomic mass is 35.5. The highest BCUT2D eigenvalue weighted by molar-refractivity contribution is 7.84. The van der Waals surface area contributed by atoms with E-state index in [1.54, 1.807) is 24.7 Å². The molecule has 2 aromatic rings. The quantitative estimate of drug-likeness (QED) is 0.278. The van der Waals surface area contributed by atoms with E-state index < -0.39 is 16.3 Å². The minimum atomic E-state index is -0.870. The van der Waals surface area contributed by atoms with Gasteiger partial charge in [0.2, 0.25) is 5.88 Å². The number of nitrogens with zero attached hydrogens (tertiary/aromatic N) is 5. The molecule has 0 saturated carbocycles. The molecule has 0 amide bonds. The Bertz CT molecular complexity index is 872. The van der Waals surface area contributed by atoms with Crippen molar-refractivity contribution < 1.29 is 8.95 Å². The molecular formula is C17H22ClN5O2S. The summed E-state index contributed by atoms with van der Waals surface area (Å²) in [6.45, 7) is 5.71. The van der Waals surface area contributed by atoms with Gasteiger partial charge in [-0.1, -0.05) is 23.6 Å². The third kappa shape index (κ3) is 4.63. The summed E-state index contributed by atoms with van der Waals surface area (Å²) >= 11 is 6.09. The van der Waals surface area contributed by atoms with Crippen LogP contribution in [0.4, 0.5) is 0 Å². The van der Waals surface area contributed by atoms with Crippen molar-refractivity contribution in [3.63, 3.8) is 0 Å². The molecule has 9 heteroatoms. The van der Waals surface area contributed by atoms with Gasteiger partial charge in [0.25, 0.3) is 0 Å². The van der Waals surface area contributed by atoms with Crippen LogP contribution in [0, 0.1) is 0 Å². The molecular weight excluding hydrogens is 374 g/mol. The fraction of sp³-hybridized carbons (Fsp3) is 0.529. The fourth-order valence-electron chi connectivity index (χ4n) is 2.60. The van der Waals surface area contributed by atoms with Crippen molar-refractivity contribution in [2.45, 2.75) is 45.3 Å². The van der Waals surface area contributed by atoms with E-state index in [9.17, 15) is 4.21 Å². The Morgan fingerprint density at radius 1 is 1.42 bits per heavy atom. The maximum atomic E-state index is 11.3. The molecule has 0 aliphatic heterocycles. The van der Waals surface area contributed by atoms with E-state index in [2.05, 4.69) is 20.0 Å². The summed E-state index contributed by atoms with van der Waals surface area (Å²) in [5.41, 5.74) is 8.96. The molecule has 26 heavy (non-hydrogen) atoms. The van der Waals surface area contributed by atoms with Gasteiger partial charge in [-0.15, -0.1) is 0 Å². The lowest BCUT2D eigenvalue weighted by molar-refractivity contribution is 0.212. The number of ether oxygens (including phenoxy) is 1. The first-order valence-corrected chi connectivity index (χ1v) is 10.4. The van der Waals surface area contributed by atoms with Crippen LogP contribution in [-0.2, 0) is 16.3 Å². The third-order valence-corrected chi connectivity index (χ3v) is 5.38. The zero-order chi connectivity index (χ0) is 19.3. The Hall–Kier alpha value is -1.89. The number of azide groups is 1. The molecule has 2 aromatic heterocycles. The van der Waals surface area contributed by atoms with E-state index in [1.165, 1.54) is 0 Å². The lowest BCUT2D eigenvalue weighted by Crippen LogP contribution is -2.19. The van der Waals surface area contributed by atoms with Crippen molar-refractivity contribution in [3.8, 4) is 5.88 Å². The maximum absolute atomic E-state index is 11.3. The van der Waals surface area contributed by atoms with Crippen molar-refractivity contribution in [1.82, 2.24) is 9.97 Å². The molecule has 0 N–H and O–H groups in total. The summed E-state index contributed by atoms with van der Waals surface area (Å²) in [7, 11) is -0.870. The van der Waals surface area contributed by atoms with Crippen LogP contribution >= 0.6 is 11.6 Å². The standard InChI is InChI=1S/C17H22ClN5O2S/c1-5-17(3,22-23-19)14-10-21-16(25-11(2)6-7-26(4)24)13-9-20-15(18)8-12(13)14/h8-11H,5-7H2,1-4H3/t11?,17?,26-/m1/s1. The molecule has 0 aliphatic rings. The molecule has 7 nitrogen and oxygen atoms in total. The third-order valence-electron chi connectivity index (χ3n) is 4.36. The Morgan fingerprint density at radius 2 is 2.15 bits per heavy atom. The van der Waals surface area contributed by atoms with Crippen LogP contribution in [0.25, 0.3) is 21.2 Å². The molecule has 0 aliphatic carbocycles. The molecule has 0 saturated heterocycles. The van der Waals surface area contributed by atoms with Crippen molar-refractivity contribution in [3.05, 3.63) is 39.6 Å².